The number of carboxylic acid groups (broad SMARTS) is 1. The summed E-state index contributed by atoms with van der Waals surface area (Å²) < 4.78 is 0. The SMILES string of the molecule is CC(C)C[C@@H](NC(=O)[C@@H](Cc1ccccc1)NC(=O)[C@H](N)Cc1ccccc1)C(=O)N[C@H](CCCN=C(N)N)C(=O)N1CCC[C@@H]1C(=O)O. The molecule has 0 aromatic heterocycles. The fourth-order valence-electron chi connectivity index (χ4n) is 5.79. The second kappa shape index (κ2) is 19.1. The number of hydrogen-bond donors (Lipinski definition) is 7. The van der Waals surface area contributed by atoms with Crippen molar-refractivity contribution >= 4 is 35.6 Å². The largest absolute Gasteiger partial charge is 0.480 e. The van der Waals surface area contributed by atoms with Crippen LogP contribution < -0.4 is 33.2 Å². The number of carbonyl (C=O) groups excluding carboxylic acids is 4. The summed E-state index contributed by atoms with van der Waals surface area (Å²) in [6, 6.07) is 13.3. The van der Waals surface area contributed by atoms with Gasteiger partial charge in [-0.25, -0.2) is 4.79 Å². The highest BCUT2D eigenvalue weighted by molar-refractivity contribution is 5.95. The van der Waals surface area contributed by atoms with Crippen molar-refractivity contribution in [1.29, 1.82) is 0 Å². The van der Waals surface area contributed by atoms with Gasteiger partial charge < -0.3 is 43.2 Å². The van der Waals surface area contributed by atoms with Crippen molar-refractivity contribution in [3.05, 3.63) is 71.8 Å². The van der Waals surface area contributed by atoms with Crippen LogP contribution in [0.15, 0.2) is 65.7 Å². The summed E-state index contributed by atoms with van der Waals surface area (Å²) in [4.78, 5) is 71.6. The Morgan fingerprint density at radius 2 is 1.39 bits per heavy atom. The first-order valence-electron chi connectivity index (χ1n) is 16.7. The molecule has 0 unspecified atom stereocenters. The number of carboxylic acids is 1. The Hall–Kier alpha value is -4.98. The number of likely N-dealkylation sites (tertiary alicyclic amines) is 1. The van der Waals surface area contributed by atoms with Crippen LogP contribution in [0.5, 0.6) is 0 Å². The monoisotopic (exact) mass is 678 g/mol. The minimum Gasteiger partial charge on any atom is -0.480 e. The van der Waals surface area contributed by atoms with Gasteiger partial charge in [0.2, 0.25) is 23.6 Å². The van der Waals surface area contributed by atoms with Gasteiger partial charge in [-0.05, 0) is 55.6 Å². The van der Waals surface area contributed by atoms with Crippen molar-refractivity contribution in [2.75, 3.05) is 13.1 Å². The smallest absolute Gasteiger partial charge is 0.326 e. The van der Waals surface area contributed by atoms with Gasteiger partial charge in [0.1, 0.15) is 24.2 Å². The molecule has 1 heterocycles. The number of guanidine groups is 1. The minimum atomic E-state index is -1.11. The van der Waals surface area contributed by atoms with Crippen LogP contribution in [0, 0.1) is 5.92 Å². The van der Waals surface area contributed by atoms with Crippen molar-refractivity contribution in [3.8, 4) is 0 Å². The van der Waals surface area contributed by atoms with Crippen molar-refractivity contribution in [1.82, 2.24) is 20.9 Å². The van der Waals surface area contributed by atoms with Crippen molar-refractivity contribution in [3.63, 3.8) is 0 Å². The molecule has 10 N–H and O–H groups in total. The number of nitrogens with zero attached hydrogens (tertiary/aromatic N) is 2. The Bertz CT molecular complexity index is 1430. The molecule has 1 aliphatic heterocycles. The Balaban J connectivity index is 1.80. The van der Waals surface area contributed by atoms with E-state index in [0.29, 0.717) is 19.3 Å². The van der Waals surface area contributed by atoms with Crippen LogP contribution in [-0.4, -0.2) is 88.9 Å². The van der Waals surface area contributed by atoms with E-state index in [-0.39, 0.29) is 50.7 Å². The fourth-order valence-corrected chi connectivity index (χ4v) is 5.79. The van der Waals surface area contributed by atoms with Crippen LogP contribution in [0.25, 0.3) is 0 Å². The molecule has 0 saturated carbocycles. The molecule has 14 heteroatoms. The number of aliphatic carboxylic acids is 1. The second-order valence-corrected chi connectivity index (χ2v) is 12.8. The molecule has 49 heavy (non-hydrogen) atoms. The zero-order valence-corrected chi connectivity index (χ0v) is 28.2. The molecular weight excluding hydrogens is 628 g/mol. The van der Waals surface area contributed by atoms with Crippen molar-refractivity contribution in [2.45, 2.75) is 89.0 Å². The van der Waals surface area contributed by atoms with Crippen LogP contribution in [0.1, 0.15) is 57.1 Å². The zero-order valence-electron chi connectivity index (χ0n) is 28.2. The van der Waals surface area contributed by atoms with Gasteiger partial charge >= 0.3 is 5.97 Å². The molecule has 4 amide bonds. The molecule has 266 valence electrons. The first-order valence-corrected chi connectivity index (χ1v) is 16.7. The lowest BCUT2D eigenvalue weighted by Crippen LogP contribution is -2.59. The minimum absolute atomic E-state index is 0.0384. The predicted octanol–water partition coefficient (Wildman–Crippen LogP) is 0.429. The number of nitrogens with two attached hydrogens (primary N) is 3. The van der Waals surface area contributed by atoms with E-state index in [1.165, 1.54) is 4.90 Å². The Morgan fingerprint density at radius 3 is 1.96 bits per heavy atom. The van der Waals surface area contributed by atoms with Gasteiger partial charge in [-0.15, -0.1) is 0 Å². The molecule has 14 nitrogen and oxygen atoms in total. The van der Waals surface area contributed by atoms with Crippen molar-refractivity contribution < 1.29 is 29.1 Å². The van der Waals surface area contributed by atoms with Crippen LogP contribution in [-0.2, 0) is 36.8 Å². The maximum absolute atomic E-state index is 13.9. The molecule has 2 aromatic carbocycles. The molecule has 0 radical (unpaired) electrons. The average molecular weight is 679 g/mol. The quantitative estimate of drug-likeness (QED) is 0.0657. The molecule has 1 fully saturated rings. The molecule has 5 atom stereocenters. The molecular formula is C35H50N8O6. The topological polar surface area (TPSA) is 235 Å². The van der Waals surface area contributed by atoms with E-state index < -0.39 is 59.8 Å². The molecule has 1 aliphatic rings. The third kappa shape index (κ3) is 12.5. The van der Waals surface area contributed by atoms with E-state index in [1.807, 2.05) is 74.5 Å². The molecule has 0 bridgehead atoms. The lowest BCUT2D eigenvalue weighted by atomic mass is 9.99. The first-order chi connectivity index (χ1) is 23.3. The van der Waals surface area contributed by atoms with Gasteiger partial charge in [-0.1, -0.05) is 74.5 Å². The van der Waals surface area contributed by atoms with Gasteiger partial charge in [0.15, 0.2) is 5.96 Å². The highest BCUT2D eigenvalue weighted by atomic mass is 16.4. The Labute approximate surface area is 287 Å². The molecule has 3 rings (SSSR count). The Kier molecular flexibility index (Phi) is 15.0. The third-order valence-corrected chi connectivity index (χ3v) is 8.27. The highest BCUT2D eigenvalue weighted by Gasteiger charge is 2.38. The third-order valence-electron chi connectivity index (χ3n) is 8.27. The predicted molar refractivity (Wildman–Crippen MR) is 186 cm³/mol. The summed E-state index contributed by atoms with van der Waals surface area (Å²) in [5.41, 5.74) is 18.8. The number of nitrogens with one attached hydrogen (secondary N) is 3. The number of hydrogen-bond acceptors (Lipinski definition) is 7. The van der Waals surface area contributed by atoms with Crippen LogP contribution in [0.3, 0.4) is 0 Å². The van der Waals surface area contributed by atoms with E-state index in [1.54, 1.807) is 0 Å². The maximum atomic E-state index is 13.9. The van der Waals surface area contributed by atoms with Crippen molar-refractivity contribution in [2.24, 2.45) is 28.1 Å². The lowest BCUT2D eigenvalue weighted by Gasteiger charge is -2.29. The van der Waals surface area contributed by atoms with Gasteiger partial charge in [-0.2, -0.15) is 0 Å². The molecule has 1 saturated heterocycles. The summed E-state index contributed by atoms with van der Waals surface area (Å²) >= 11 is 0. The van der Waals surface area contributed by atoms with E-state index in [2.05, 4.69) is 20.9 Å². The standard InChI is InChI=1S/C35H50N8O6/c1-22(2)19-27(31(45)40-26(15-9-17-39-35(37)38)33(47)43-18-10-16-29(43)34(48)49)42-32(46)28(21-24-13-7-4-8-14-24)41-30(44)25(36)20-23-11-5-3-6-12-23/h3-8,11-14,22,25-29H,9-10,15-21,36H2,1-2H3,(H,40,45)(H,41,44)(H,42,46)(H,48,49)(H4,37,38,39)/t25-,26-,27-,28-,29-/m1/s1. The molecule has 0 aliphatic carbocycles. The first kappa shape index (κ1) is 38.5. The van der Waals surface area contributed by atoms with E-state index in [0.717, 1.165) is 11.1 Å². The normalized spacial score (nSPS) is 16.6. The van der Waals surface area contributed by atoms with Gasteiger partial charge in [0.25, 0.3) is 0 Å². The summed E-state index contributed by atoms with van der Waals surface area (Å²) in [7, 11) is 0. The summed E-state index contributed by atoms with van der Waals surface area (Å²) in [6.07, 6.45) is 1.94. The number of aliphatic imine (C=N–C) groups is 1. The van der Waals surface area contributed by atoms with Crippen LogP contribution >= 0.6 is 0 Å². The van der Waals surface area contributed by atoms with E-state index >= 15 is 0 Å². The van der Waals surface area contributed by atoms with Gasteiger partial charge in [-0.3, -0.25) is 24.2 Å². The zero-order chi connectivity index (χ0) is 35.9. The fraction of sp³-hybridized carbons (Fsp3) is 0.486. The highest BCUT2D eigenvalue weighted by Crippen LogP contribution is 2.20. The second-order valence-electron chi connectivity index (χ2n) is 12.8. The van der Waals surface area contributed by atoms with Gasteiger partial charge in [0.05, 0.1) is 6.04 Å². The molecule has 2 aromatic rings. The van der Waals surface area contributed by atoms with E-state index in [9.17, 15) is 29.1 Å². The van der Waals surface area contributed by atoms with Crippen LogP contribution in [0.4, 0.5) is 0 Å². The number of rotatable bonds is 18. The number of benzene rings is 2. The molecule has 0 spiro atoms. The number of carbonyl (C=O) groups is 5. The lowest BCUT2D eigenvalue weighted by molar-refractivity contribution is -0.149. The average Bonchev–Trinajstić information content (AvgIpc) is 3.56. The van der Waals surface area contributed by atoms with Crippen LogP contribution in [0.2, 0.25) is 0 Å². The summed E-state index contributed by atoms with van der Waals surface area (Å²) in [5, 5.41) is 18.0. The number of amides is 4. The summed E-state index contributed by atoms with van der Waals surface area (Å²) in [6.45, 7) is 4.22. The van der Waals surface area contributed by atoms with E-state index in [4.69, 9.17) is 17.2 Å². The van der Waals surface area contributed by atoms with Gasteiger partial charge in [0, 0.05) is 19.5 Å². The Morgan fingerprint density at radius 1 is 0.837 bits per heavy atom. The maximum Gasteiger partial charge on any atom is 0.326 e. The summed E-state index contributed by atoms with van der Waals surface area (Å²) in [5.74, 6) is -3.52.